The molecule has 1 fully saturated rings. The van der Waals surface area contributed by atoms with Crippen LogP contribution in [0.25, 0.3) is 0 Å². The minimum absolute atomic E-state index is 0.306. The molecular weight excluding hydrogens is 262 g/mol. The normalized spacial score (nSPS) is 19.7. The molecule has 0 bridgehead atoms. The molecule has 2 rings (SSSR count). The van der Waals surface area contributed by atoms with E-state index in [2.05, 4.69) is 36.9 Å². The van der Waals surface area contributed by atoms with E-state index >= 15 is 0 Å². The van der Waals surface area contributed by atoms with Crippen LogP contribution in [0.3, 0.4) is 0 Å². The summed E-state index contributed by atoms with van der Waals surface area (Å²) < 4.78 is 5.85. The summed E-state index contributed by atoms with van der Waals surface area (Å²) in [6, 6.07) is 6.86. The number of aryl methyl sites for hydroxylation is 2. The Morgan fingerprint density at radius 1 is 1.24 bits per heavy atom. The van der Waals surface area contributed by atoms with Crippen LogP contribution in [0.5, 0.6) is 5.75 Å². The predicted octanol–water partition coefficient (Wildman–Crippen LogP) is 3.31. The third-order valence-electron chi connectivity index (χ3n) is 4.55. The van der Waals surface area contributed by atoms with Crippen molar-refractivity contribution >= 4 is 0 Å². The molecule has 0 aliphatic carbocycles. The summed E-state index contributed by atoms with van der Waals surface area (Å²) >= 11 is 0. The van der Waals surface area contributed by atoms with Crippen molar-refractivity contribution in [3.8, 4) is 5.75 Å². The Labute approximate surface area is 128 Å². The van der Waals surface area contributed by atoms with E-state index in [-0.39, 0.29) is 0 Å². The van der Waals surface area contributed by atoms with Gasteiger partial charge in [-0.1, -0.05) is 12.5 Å². The maximum absolute atomic E-state index is 9.15. The first-order valence-corrected chi connectivity index (χ1v) is 8.25. The Morgan fingerprint density at radius 3 is 2.86 bits per heavy atom. The van der Waals surface area contributed by atoms with Crippen LogP contribution < -0.4 is 4.74 Å². The minimum Gasteiger partial charge on any atom is -0.494 e. The van der Waals surface area contributed by atoms with Crippen molar-refractivity contribution in [3.63, 3.8) is 0 Å². The predicted molar refractivity (Wildman–Crippen MR) is 86.9 cm³/mol. The number of ether oxygens (including phenoxy) is 1. The van der Waals surface area contributed by atoms with E-state index in [0.717, 1.165) is 31.7 Å². The van der Waals surface area contributed by atoms with E-state index in [1.54, 1.807) is 0 Å². The molecule has 0 saturated carbocycles. The summed E-state index contributed by atoms with van der Waals surface area (Å²) in [5, 5.41) is 9.15. The first-order valence-electron chi connectivity index (χ1n) is 8.25. The second kappa shape index (κ2) is 8.40. The quantitative estimate of drug-likeness (QED) is 0.782. The summed E-state index contributed by atoms with van der Waals surface area (Å²) in [5.41, 5.74) is 2.59. The summed E-state index contributed by atoms with van der Waals surface area (Å²) in [6.07, 6.45) is 5.80. The third kappa shape index (κ3) is 5.01. The van der Waals surface area contributed by atoms with Crippen LogP contribution >= 0.6 is 0 Å². The molecule has 3 heteroatoms. The third-order valence-corrected chi connectivity index (χ3v) is 4.55. The Bertz CT molecular complexity index is 431. The van der Waals surface area contributed by atoms with E-state index < -0.39 is 0 Å². The van der Waals surface area contributed by atoms with E-state index in [0.29, 0.717) is 12.6 Å². The molecule has 1 aromatic carbocycles. The molecule has 1 atom stereocenters. The first kappa shape index (κ1) is 16.3. The molecule has 1 unspecified atom stereocenters. The van der Waals surface area contributed by atoms with Crippen molar-refractivity contribution < 1.29 is 9.84 Å². The highest BCUT2D eigenvalue weighted by Crippen LogP contribution is 2.20. The van der Waals surface area contributed by atoms with E-state index in [9.17, 15) is 0 Å². The maximum Gasteiger partial charge on any atom is 0.119 e. The van der Waals surface area contributed by atoms with Crippen LogP contribution in [-0.4, -0.2) is 42.4 Å². The molecule has 1 aliphatic rings. The Kier molecular flexibility index (Phi) is 6.52. The SMILES string of the molecule is Cc1ccc(OCCCN2CCCCC2CCO)cc1C. The lowest BCUT2D eigenvalue weighted by Gasteiger charge is -2.35. The van der Waals surface area contributed by atoms with Crippen molar-refractivity contribution in [2.75, 3.05) is 26.3 Å². The van der Waals surface area contributed by atoms with Crippen molar-refractivity contribution in [1.82, 2.24) is 4.90 Å². The van der Waals surface area contributed by atoms with Gasteiger partial charge in [0.1, 0.15) is 5.75 Å². The van der Waals surface area contributed by atoms with Gasteiger partial charge in [-0.25, -0.2) is 0 Å². The van der Waals surface area contributed by atoms with Gasteiger partial charge in [-0.3, -0.25) is 0 Å². The molecule has 1 saturated heterocycles. The second-order valence-electron chi connectivity index (χ2n) is 6.15. The van der Waals surface area contributed by atoms with Gasteiger partial charge < -0.3 is 14.7 Å². The van der Waals surface area contributed by atoms with Gasteiger partial charge in [0, 0.05) is 19.2 Å². The number of nitrogens with zero attached hydrogens (tertiary/aromatic N) is 1. The van der Waals surface area contributed by atoms with E-state index in [4.69, 9.17) is 9.84 Å². The molecule has 0 amide bonds. The van der Waals surface area contributed by atoms with Gasteiger partial charge in [-0.2, -0.15) is 0 Å². The van der Waals surface area contributed by atoms with Gasteiger partial charge in [0.15, 0.2) is 0 Å². The van der Waals surface area contributed by atoms with Crippen LogP contribution in [0, 0.1) is 13.8 Å². The monoisotopic (exact) mass is 291 g/mol. The molecule has 21 heavy (non-hydrogen) atoms. The lowest BCUT2D eigenvalue weighted by molar-refractivity contribution is 0.112. The largest absolute Gasteiger partial charge is 0.494 e. The van der Waals surface area contributed by atoms with Gasteiger partial charge in [-0.15, -0.1) is 0 Å². The second-order valence-corrected chi connectivity index (χ2v) is 6.15. The summed E-state index contributed by atoms with van der Waals surface area (Å²) in [4.78, 5) is 2.53. The maximum atomic E-state index is 9.15. The highest BCUT2D eigenvalue weighted by atomic mass is 16.5. The minimum atomic E-state index is 0.306. The zero-order chi connectivity index (χ0) is 15.1. The van der Waals surface area contributed by atoms with Crippen LogP contribution in [0.2, 0.25) is 0 Å². The fraction of sp³-hybridized carbons (Fsp3) is 0.667. The number of hydrogen-bond acceptors (Lipinski definition) is 3. The number of piperidine rings is 1. The number of likely N-dealkylation sites (tertiary alicyclic amines) is 1. The van der Waals surface area contributed by atoms with Gasteiger partial charge in [0.05, 0.1) is 6.61 Å². The highest BCUT2D eigenvalue weighted by molar-refractivity contribution is 5.33. The molecule has 1 heterocycles. The smallest absolute Gasteiger partial charge is 0.119 e. The lowest BCUT2D eigenvalue weighted by Crippen LogP contribution is -2.40. The summed E-state index contributed by atoms with van der Waals surface area (Å²) in [6.45, 7) is 7.57. The van der Waals surface area contributed by atoms with Crippen LogP contribution in [0.1, 0.15) is 43.2 Å². The number of rotatable bonds is 7. The molecule has 118 valence electrons. The fourth-order valence-corrected chi connectivity index (χ4v) is 3.09. The highest BCUT2D eigenvalue weighted by Gasteiger charge is 2.21. The number of aliphatic hydroxyl groups is 1. The van der Waals surface area contributed by atoms with Crippen LogP contribution in [0.15, 0.2) is 18.2 Å². The van der Waals surface area contributed by atoms with Crippen molar-refractivity contribution in [2.45, 2.75) is 52.0 Å². The Balaban J connectivity index is 1.71. The molecule has 0 aromatic heterocycles. The fourth-order valence-electron chi connectivity index (χ4n) is 3.09. The standard InChI is InChI=1S/C18H29NO2/c1-15-7-8-18(14-16(15)2)21-13-5-11-19-10-4-3-6-17(19)9-12-20/h7-8,14,17,20H,3-6,9-13H2,1-2H3. The molecule has 0 radical (unpaired) electrons. The summed E-state index contributed by atoms with van der Waals surface area (Å²) in [7, 11) is 0. The van der Waals surface area contributed by atoms with Gasteiger partial charge in [0.25, 0.3) is 0 Å². The van der Waals surface area contributed by atoms with Crippen molar-refractivity contribution in [1.29, 1.82) is 0 Å². The van der Waals surface area contributed by atoms with Crippen molar-refractivity contribution in [3.05, 3.63) is 29.3 Å². The number of aliphatic hydroxyl groups excluding tert-OH is 1. The topological polar surface area (TPSA) is 32.7 Å². The van der Waals surface area contributed by atoms with Crippen LogP contribution in [-0.2, 0) is 0 Å². The Morgan fingerprint density at radius 2 is 2.10 bits per heavy atom. The van der Waals surface area contributed by atoms with E-state index in [1.165, 1.54) is 36.9 Å². The van der Waals surface area contributed by atoms with Gasteiger partial charge in [-0.05, 0) is 69.3 Å². The number of benzene rings is 1. The zero-order valence-electron chi connectivity index (χ0n) is 13.5. The summed E-state index contributed by atoms with van der Waals surface area (Å²) in [5.74, 6) is 0.976. The molecule has 0 spiro atoms. The van der Waals surface area contributed by atoms with E-state index in [1.807, 2.05) is 0 Å². The number of hydrogen-bond donors (Lipinski definition) is 1. The first-order chi connectivity index (χ1) is 10.2. The molecule has 3 nitrogen and oxygen atoms in total. The molecule has 1 aromatic rings. The molecule has 1 aliphatic heterocycles. The average molecular weight is 291 g/mol. The zero-order valence-corrected chi connectivity index (χ0v) is 13.5. The van der Waals surface area contributed by atoms with Gasteiger partial charge in [0.2, 0.25) is 0 Å². The van der Waals surface area contributed by atoms with Crippen LogP contribution in [0.4, 0.5) is 0 Å². The Hall–Kier alpha value is -1.06. The molecule has 1 N–H and O–H groups in total. The lowest BCUT2D eigenvalue weighted by atomic mass is 9.99. The average Bonchev–Trinajstić information content (AvgIpc) is 2.49. The van der Waals surface area contributed by atoms with Crippen molar-refractivity contribution in [2.24, 2.45) is 0 Å². The molecular formula is C18H29NO2. The van der Waals surface area contributed by atoms with Gasteiger partial charge >= 0.3 is 0 Å².